The van der Waals surface area contributed by atoms with Crippen molar-refractivity contribution in [3.8, 4) is 5.75 Å². The number of benzene rings is 2. The van der Waals surface area contributed by atoms with E-state index in [2.05, 4.69) is 0 Å². The van der Waals surface area contributed by atoms with Gasteiger partial charge in [0, 0.05) is 10.4 Å². The lowest BCUT2D eigenvalue weighted by molar-refractivity contribution is -0.122. The summed E-state index contributed by atoms with van der Waals surface area (Å²) in [4.78, 5) is 43.0. The fourth-order valence-corrected chi connectivity index (χ4v) is 4.23. The third-order valence-corrected chi connectivity index (χ3v) is 5.86. The summed E-state index contributed by atoms with van der Waals surface area (Å²) in [5.41, 5.74) is 0.921. The number of rotatable bonds is 6. The van der Waals surface area contributed by atoms with Crippen LogP contribution in [0.2, 0.25) is 0 Å². The highest BCUT2D eigenvalue weighted by Crippen LogP contribution is 2.28. The first-order chi connectivity index (χ1) is 14.6. The molecule has 1 aliphatic rings. The summed E-state index contributed by atoms with van der Waals surface area (Å²) in [5.74, 6) is -0.468. The molecule has 1 atom stereocenters. The molecular weight excluding hydrogens is 400 g/mol. The van der Waals surface area contributed by atoms with Crippen LogP contribution in [-0.4, -0.2) is 35.8 Å². The molecule has 1 fully saturated rings. The average molecular weight is 420 g/mol. The van der Waals surface area contributed by atoms with Gasteiger partial charge in [-0.05, 0) is 41.8 Å². The lowest BCUT2D eigenvalue weighted by atomic mass is 10.1. The number of hydrogen-bond acceptors (Lipinski definition) is 5. The smallest absolute Gasteiger partial charge is 0.257 e. The molecule has 0 bridgehead atoms. The molecule has 30 heavy (non-hydrogen) atoms. The number of amides is 3. The Morgan fingerprint density at radius 2 is 1.90 bits per heavy atom. The van der Waals surface area contributed by atoms with E-state index in [4.69, 9.17) is 4.74 Å². The zero-order valence-corrected chi connectivity index (χ0v) is 17.2. The summed E-state index contributed by atoms with van der Waals surface area (Å²) >= 11 is 1.50. The first-order valence-electron chi connectivity index (χ1n) is 9.47. The van der Waals surface area contributed by atoms with Crippen molar-refractivity contribution in [2.45, 2.75) is 19.0 Å². The molecule has 0 aliphatic carbocycles. The Kier molecular flexibility index (Phi) is 5.63. The average Bonchev–Trinajstić information content (AvgIpc) is 3.39. The van der Waals surface area contributed by atoms with Gasteiger partial charge in [0.15, 0.2) is 0 Å². The molecule has 7 heteroatoms. The minimum absolute atomic E-state index is 0.0468. The summed E-state index contributed by atoms with van der Waals surface area (Å²) in [7, 11) is 1.53. The largest absolute Gasteiger partial charge is 0.497 e. The van der Waals surface area contributed by atoms with Crippen LogP contribution in [0.5, 0.6) is 5.75 Å². The van der Waals surface area contributed by atoms with E-state index in [1.165, 1.54) is 28.2 Å². The van der Waals surface area contributed by atoms with Crippen LogP contribution in [0.1, 0.15) is 21.7 Å². The van der Waals surface area contributed by atoms with Gasteiger partial charge in [-0.15, -0.1) is 11.3 Å². The van der Waals surface area contributed by atoms with Crippen LogP contribution in [0.25, 0.3) is 0 Å². The molecule has 1 unspecified atom stereocenters. The highest BCUT2D eigenvalue weighted by Gasteiger charge is 2.44. The summed E-state index contributed by atoms with van der Waals surface area (Å²) in [6.45, 7) is 0.250. The SMILES string of the molecule is COc1cccc(C(=O)N(Cc2cccs2)C2CC(=O)N(c3ccccc3)C2=O)c1. The molecule has 152 valence electrons. The Bertz CT molecular complexity index is 1070. The Morgan fingerprint density at radius 1 is 1.10 bits per heavy atom. The van der Waals surface area contributed by atoms with Crippen LogP contribution in [0.4, 0.5) is 5.69 Å². The number of ether oxygens (including phenoxy) is 1. The van der Waals surface area contributed by atoms with Gasteiger partial charge in [0.2, 0.25) is 5.91 Å². The molecule has 0 spiro atoms. The van der Waals surface area contributed by atoms with Crippen LogP contribution < -0.4 is 9.64 Å². The molecule has 2 heterocycles. The Morgan fingerprint density at radius 3 is 2.60 bits per heavy atom. The molecule has 1 aromatic heterocycles. The molecule has 1 saturated heterocycles. The topological polar surface area (TPSA) is 66.9 Å². The molecule has 0 radical (unpaired) electrons. The number of para-hydroxylation sites is 1. The second kappa shape index (κ2) is 8.51. The van der Waals surface area contributed by atoms with E-state index in [-0.39, 0.29) is 30.7 Å². The van der Waals surface area contributed by atoms with Gasteiger partial charge < -0.3 is 9.64 Å². The van der Waals surface area contributed by atoms with Gasteiger partial charge in [-0.3, -0.25) is 14.4 Å². The highest BCUT2D eigenvalue weighted by atomic mass is 32.1. The first-order valence-corrected chi connectivity index (χ1v) is 10.4. The van der Waals surface area contributed by atoms with Crippen molar-refractivity contribution in [2.24, 2.45) is 0 Å². The quantitative estimate of drug-likeness (QED) is 0.570. The molecule has 0 N–H and O–H groups in total. The second-order valence-electron chi connectivity index (χ2n) is 6.87. The predicted molar refractivity (Wildman–Crippen MR) is 115 cm³/mol. The van der Waals surface area contributed by atoms with Crippen LogP contribution in [0, 0.1) is 0 Å². The van der Waals surface area contributed by atoms with E-state index in [9.17, 15) is 14.4 Å². The number of carbonyl (C=O) groups excluding carboxylic acids is 3. The number of anilines is 1. The fourth-order valence-electron chi connectivity index (χ4n) is 3.52. The molecule has 6 nitrogen and oxygen atoms in total. The van der Waals surface area contributed by atoms with Crippen molar-refractivity contribution in [1.29, 1.82) is 0 Å². The van der Waals surface area contributed by atoms with Crippen molar-refractivity contribution < 1.29 is 19.1 Å². The number of methoxy groups -OCH3 is 1. The third kappa shape index (κ3) is 3.84. The molecule has 3 amide bonds. The van der Waals surface area contributed by atoms with Crippen molar-refractivity contribution in [2.75, 3.05) is 12.0 Å². The Labute approximate surface area is 178 Å². The normalized spacial score (nSPS) is 16.0. The van der Waals surface area contributed by atoms with Gasteiger partial charge in [0.25, 0.3) is 11.8 Å². The maximum atomic E-state index is 13.4. The zero-order valence-electron chi connectivity index (χ0n) is 16.4. The Hall–Kier alpha value is -3.45. The van der Waals surface area contributed by atoms with E-state index in [0.717, 1.165) is 4.88 Å². The molecule has 2 aromatic carbocycles. The minimum atomic E-state index is -0.862. The summed E-state index contributed by atoms with van der Waals surface area (Å²) in [6, 6.07) is 18.5. The summed E-state index contributed by atoms with van der Waals surface area (Å²) in [6.07, 6.45) is -0.0468. The van der Waals surface area contributed by atoms with Gasteiger partial charge in [0.1, 0.15) is 11.8 Å². The first kappa shape index (κ1) is 19.8. The van der Waals surface area contributed by atoms with Crippen molar-refractivity contribution in [3.63, 3.8) is 0 Å². The minimum Gasteiger partial charge on any atom is -0.497 e. The number of carbonyl (C=O) groups is 3. The maximum Gasteiger partial charge on any atom is 0.257 e. The van der Waals surface area contributed by atoms with Crippen LogP contribution in [0.15, 0.2) is 72.1 Å². The van der Waals surface area contributed by atoms with Crippen molar-refractivity contribution in [1.82, 2.24) is 4.90 Å². The van der Waals surface area contributed by atoms with Gasteiger partial charge in [-0.2, -0.15) is 0 Å². The molecular formula is C23H20N2O4S. The highest BCUT2D eigenvalue weighted by molar-refractivity contribution is 7.09. The molecule has 1 aliphatic heterocycles. The van der Waals surface area contributed by atoms with Gasteiger partial charge in [-0.25, -0.2) is 4.90 Å². The van der Waals surface area contributed by atoms with Crippen LogP contribution in [-0.2, 0) is 16.1 Å². The van der Waals surface area contributed by atoms with E-state index >= 15 is 0 Å². The fraction of sp³-hybridized carbons (Fsp3) is 0.174. The molecule has 0 saturated carbocycles. The monoisotopic (exact) mass is 420 g/mol. The maximum absolute atomic E-state index is 13.4. The molecule has 4 rings (SSSR count). The standard InChI is InChI=1S/C23H20N2O4S/c1-29-18-10-5-7-16(13-18)22(27)24(15-19-11-6-12-30-19)20-14-21(26)25(23(20)28)17-8-3-2-4-9-17/h2-13,20H,14-15H2,1H3. The van der Waals surface area contributed by atoms with Gasteiger partial charge in [0.05, 0.1) is 25.8 Å². The number of nitrogens with zero attached hydrogens (tertiary/aromatic N) is 2. The van der Waals surface area contributed by atoms with E-state index < -0.39 is 6.04 Å². The van der Waals surface area contributed by atoms with E-state index in [1.54, 1.807) is 48.5 Å². The summed E-state index contributed by atoms with van der Waals surface area (Å²) < 4.78 is 5.23. The predicted octanol–water partition coefficient (Wildman–Crippen LogP) is 3.73. The van der Waals surface area contributed by atoms with E-state index in [1.807, 2.05) is 23.6 Å². The lowest BCUT2D eigenvalue weighted by Crippen LogP contribution is -2.45. The summed E-state index contributed by atoms with van der Waals surface area (Å²) in [5, 5.41) is 1.92. The number of imide groups is 1. The van der Waals surface area contributed by atoms with Crippen LogP contribution >= 0.6 is 11.3 Å². The van der Waals surface area contributed by atoms with Crippen LogP contribution in [0.3, 0.4) is 0 Å². The van der Waals surface area contributed by atoms with Crippen molar-refractivity contribution >= 4 is 34.7 Å². The Balaban J connectivity index is 1.68. The number of hydrogen-bond donors (Lipinski definition) is 0. The van der Waals surface area contributed by atoms with E-state index in [0.29, 0.717) is 17.0 Å². The van der Waals surface area contributed by atoms with Crippen molar-refractivity contribution in [3.05, 3.63) is 82.6 Å². The van der Waals surface area contributed by atoms with Gasteiger partial charge in [-0.1, -0.05) is 30.3 Å². The number of thiophene rings is 1. The lowest BCUT2D eigenvalue weighted by Gasteiger charge is -2.27. The van der Waals surface area contributed by atoms with Gasteiger partial charge >= 0.3 is 0 Å². The second-order valence-corrected chi connectivity index (χ2v) is 7.90. The zero-order chi connectivity index (χ0) is 21.1. The third-order valence-electron chi connectivity index (χ3n) is 5.00. The molecule has 3 aromatic rings.